The van der Waals surface area contributed by atoms with Gasteiger partial charge in [0, 0.05) is 24.5 Å². The van der Waals surface area contributed by atoms with Crippen LogP contribution in [0.2, 0.25) is 0 Å². The monoisotopic (exact) mass is 317 g/mol. The molecule has 0 N–H and O–H groups in total. The lowest BCUT2D eigenvalue weighted by molar-refractivity contribution is -0.146. The van der Waals surface area contributed by atoms with Gasteiger partial charge in [0.1, 0.15) is 0 Å². The van der Waals surface area contributed by atoms with Gasteiger partial charge < -0.3 is 4.74 Å². The number of likely N-dealkylation sites (tertiary alicyclic amines) is 1. The van der Waals surface area contributed by atoms with Crippen LogP contribution in [-0.4, -0.2) is 31.1 Å². The maximum Gasteiger partial charge on any atom is 0.310 e. The Morgan fingerprint density at radius 2 is 2.35 bits per heavy atom. The lowest BCUT2D eigenvalue weighted by Crippen LogP contribution is -2.24. The predicted octanol–water partition coefficient (Wildman–Crippen LogP) is 2.75. The van der Waals surface area contributed by atoms with E-state index in [0.717, 1.165) is 23.4 Å². The maximum absolute atomic E-state index is 11.6. The van der Waals surface area contributed by atoms with Gasteiger partial charge in [0.15, 0.2) is 0 Å². The van der Waals surface area contributed by atoms with Crippen LogP contribution in [0.3, 0.4) is 0 Å². The van der Waals surface area contributed by atoms with E-state index in [-0.39, 0.29) is 11.9 Å². The van der Waals surface area contributed by atoms with Gasteiger partial charge in [-0.15, -0.1) is 11.3 Å². The van der Waals surface area contributed by atoms with Crippen LogP contribution in [-0.2, 0) is 16.1 Å². The first-order valence-corrected chi connectivity index (χ1v) is 7.25. The molecule has 2 atom stereocenters. The van der Waals surface area contributed by atoms with Gasteiger partial charge in [-0.3, -0.25) is 9.69 Å². The molecule has 0 saturated carbocycles. The van der Waals surface area contributed by atoms with Crippen LogP contribution in [0.5, 0.6) is 0 Å². The van der Waals surface area contributed by atoms with Crippen LogP contribution in [0.4, 0.5) is 0 Å². The van der Waals surface area contributed by atoms with Crippen molar-refractivity contribution in [1.29, 1.82) is 0 Å². The Morgan fingerprint density at radius 1 is 1.59 bits per heavy atom. The summed E-state index contributed by atoms with van der Waals surface area (Å²) in [5.74, 6) is 0.335. The van der Waals surface area contributed by atoms with E-state index in [1.165, 1.54) is 12.0 Å². The fourth-order valence-electron chi connectivity index (χ4n) is 2.31. The zero-order valence-electron chi connectivity index (χ0n) is 9.98. The van der Waals surface area contributed by atoms with Crippen LogP contribution in [0, 0.1) is 11.8 Å². The predicted molar refractivity (Wildman–Crippen MR) is 72.0 cm³/mol. The lowest BCUT2D eigenvalue weighted by Gasteiger charge is -2.13. The summed E-state index contributed by atoms with van der Waals surface area (Å²) in [6.45, 7) is 4.82. The zero-order valence-corrected chi connectivity index (χ0v) is 12.4. The van der Waals surface area contributed by atoms with Gasteiger partial charge in [-0.1, -0.05) is 6.92 Å². The summed E-state index contributed by atoms with van der Waals surface area (Å²) in [6.07, 6.45) is 0. The number of carbonyl (C=O) groups excluding carboxylic acids is 1. The molecule has 17 heavy (non-hydrogen) atoms. The Balaban J connectivity index is 1.95. The van der Waals surface area contributed by atoms with Crippen LogP contribution in [0.1, 0.15) is 11.8 Å². The van der Waals surface area contributed by atoms with Crippen LogP contribution in [0.25, 0.3) is 0 Å². The summed E-state index contributed by atoms with van der Waals surface area (Å²) < 4.78 is 5.99. The molecule has 0 amide bonds. The molecule has 0 aromatic carbocycles. The Bertz CT molecular complexity index is 407. The number of nitrogens with zero attached hydrogens (tertiary/aromatic N) is 1. The van der Waals surface area contributed by atoms with E-state index in [4.69, 9.17) is 4.74 Å². The Morgan fingerprint density at radius 3 is 2.94 bits per heavy atom. The van der Waals surface area contributed by atoms with Gasteiger partial charge in [-0.2, -0.15) is 0 Å². The van der Waals surface area contributed by atoms with Crippen molar-refractivity contribution in [3.05, 3.63) is 20.8 Å². The third-order valence-electron chi connectivity index (χ3n) is 3.20. The number of ether oxygens (including phenoxy) is 1. The molecule has 0 bridgehead atoms. The van der Waals surface area contributed by atoms with Crippen molar-refractivity contribution in [3.63, 3.8) is 0 Å². The largest absolute Gasteiger partial charge is 0.469 e. The molecule has 1 fully saturated rings. The van der Waals surface area contributed by atoms with Crippen molar-refractivity contribution in [2.24, 2.45) is 11.8 Å². The average molecular weight is 318 g/mol. The third kappa shape index (κ3) is 3.09. The quantitative estimate of drug-likeness (QED) is 0.803. The van der Waals surface area contributed by atoms with Crippen molar-refractivity contribution < 1.29 is 9.53 Å². The van der Waals surface area contributed by atoms with Gasteiger partial charge >= 0.3 is 5.97 Å². The van der Waals surface area contributed by atoms with E-state index in [2.05, 4.69) is 39.9 Å². The van der Waals surface area contributed by atoms with Crippen molar-refractivity contribution in [2.45, 2.75) is 13.5 Å². The molecule has 2 unspecified atom stereocenters. The van der Waals surface area contributed by atoms with Crippen molar-refractivity contribution >= 4 is 33.2 Å². The highest BCUT2D eigenvalue weighted by Gasteiger charge is 2.35. The SMILES string of the molecule is COC(=O)C1CN(Cc2ccc(Br)s2)CC1C. The molecular formula is C12H16BrNO2S. The second kappa shape index (κ2) is 5.50. The molecule has 2 rings (SSSR count). The number of methoxy groups -OCH3 is 1. The number of hydrogen-bond acceptors (Lipinski definition) is 4. The summed E-state index contributed by atoms with van der Waals surface area (Å²) in [6, 6.07) is 4.20. The summed E-state index contributed by atoms with van der Waals surface area (Å²) in [4.78, 5) is 15.2. The first-order chi connectivity index (χ1) is 8.10. The van der Waals surface area contributed by atoms with Crippen LogP contribution < -0.4 is 0 Å². The molecule has 5 heteroatoms. The molecule has 1 aliphatic rings. The van der Waals surface area contributed by atoms with Crippen molar-refractivity contribution in [3.8, 4) is 0 Å². The Kier molecular flexibility index (Phi) is 4.22. The first kappa shape index (κ1) is 13.1. The summed E-state index contributed by atoms with van der Waals surface area (Å²) in [5, 5.41) is 0. The molecule has 0 spiro atoms. The number of halogens is 1. The number of esters is 1. The van der Waals surface area contributed by atoms with Gasteiger partial charge in [0.2, 0.25) is 0 Å². The molecule has 3 nitrogen and oxygen atoms in total. The van der Waals surface area contributed by atoms with E-state index in [1.807, 2.05) is 0 Å². The normalized spacial score (nSPS) is 25.1. The van der Waals surface area contributed by atoms with Crippen LogP contribution >= 0.6 is 27.3 Å². The molecule has 1 aromatic rings. The lowest BCUT2D eigenvalue weighted by atomic mass is 9.99. The van der Waals surface area contributed by atoms with Gasteiger partial charge in [0.05, 0.1) is 16.8 Å². The minimum Gasteiger partial charge on any atom is -0.469 e. The fraction of sp³-hybridized carbons (Fsp3) is 0.583. The second-order valence-corrected chi connectivity index (χ2v) is 7.05. The summed E-state index contributed by atoms with van der Waals surface area (Å²) in [5.41, 5.74) is 0. The summed E-state index contributed by atoms with van der Waals surface area (Å²) >= 11 is 5.22. The minimum absolute atomic E-state index is 0.0309. The van der Waals surface area contributed by atoms with Crippen molar-refractivity contribution in [1.82, 2.24) is 4.90 Å². The summed E-state index contributed by atoms with van der Waals surface area (Å²) in [7, 11) is 1.47. The van der Waals surface area contributed by atoms with Gasteiger partial charge in [-0.05, 0) is 34.0 Å². The number of thiophene rings is 1. The Labute approximate surface area is 114 Å². The molecule has 1 aromatic heterocycles. The maximum atomic E-state index is 11.6. The smallest absolute Gasteiger partial charge is 0.310 e. The molecule has 2 heterocycles. The molecule has 0 radical (unpaired) electrons. The van der Waals surface area contributed by atoms with Crippen molar-refractivity contribution in [2.75, 3.05) is 20.2 Å². The fourth-order valence-corrected chi connectivity index (χ4v) is 3.84. The molecule has 1 aliphatic heterocycles. The number of rotatable bonds is 3. The number of hydrogen-bond donors (Lipinski definition) is 0. The van der Waals surface area contributed by atoms with E-state index in [9.17, 15) is 4.79 Å². The highest BCUT2D eigenvalue weighted by atomic mass is 79.9. The first-order valence-electron chi connectivity index (χ1n) is 5.64. The van der Waals surface area contributed by atoms with E-state index in [0.29, 0.717) is 5.92 Å². The van der Waals surface area contributed by atoms with Gasteiger partial charge in [0.25, 0.3) is 0 Å². The highest BCUT2D eigenvalue weighted by molar-refractivity contribution is 9.11. The molecule has 0 aliphatic carbocycles. The molecule has 94 valence electrons. The highest BCUT2D eigenvalue weighted by Crippen LogP contribution is 2.28. The van der Waals surface area contributed by atoms with Crippen LogP contribution in [0.15, 0.2) is 15.9 Å². The minimum atomic E-state index is -0.0765. The average Bonchev–Trinajstić information content (AvgIpc) is 2.85. The standard InChI is InChI=1S/C12H16BrNO2S/c1-8-5-14(7-10(8)12(15)16-2)6-9-3-4-11(13)17-9/h3-4,8,10H,5-7H2,1-2H3. The van der Waals surface area contributed by atoms with E-state index < -0.39 is 0 Å². The third-order valence-corrected chi connectivity index (χ3v) is 4.81. The topological polar surface area (TPSA) is 29.5 Å². The Hall–Kier alpha value is -0.390. The van der Waals surface area contributed by atoms with E-state index >= 15 is 0 Å². The number of carbonyl (C=O) groups is 1. The van der Waals surface area contributed by atoms with E-state index in [1.54, 1.807) is 11.3 Å². The molecule has 1 saturated heterocycles. The zero-order chi connectivity index (χ0) is 12.4. The van der Waals surface area contributed by atoms with Gasteiger partial charge in [-0.25, -0.2) is 0 Å². The second-order valence-electron chi connectivity index (χ2n) is 4.51. The molecular weight excluding hydrogens is 302 g/mol.